The van der Waals surface area contributed by atoms with Crippen LogP contribution in [0.2, 0.25) is 0 Å². The quantitative estimate of drug-likeness (QED) is 0.255. The SMILES string of the molecule is COC(=O)C1=C(C)NC(C)=C(C(=O)OCC2(CN3CCCCC3)CCCCC2)C1c1cccc([N+](=O)[O-])c1.Cl. The first-order chi connectivity index (χ1) is 18.2. The predicted octanol–water partition coefficient (Wildman–Crippen LogP) is 5.40. The fraction of sp³-hybridized carbons (Fsp3) is 0.586. The molecule has 0 radical (unpaired) electrons. The second kappa shape index (κ2) is 13.4. The molecule has 1 aromatic carbocycles. The van der Waals surface area contributed by atoms with Gasteiger partial charge in [-0.3, -0.25) is 10.1 Å². The molecule has 214 valence electrons. The van der Waals surface area contributed by atoms with Crippen LogP contribution in [0.3, 0.4) is 0 Å². The number of dihydropyridines is 1. The van der Waals surface area contributed by atoms with Crippen molar-refractivity contribution >= 4 is 30.0 Å². The second-order valence-corrected chi connectivity index (χ2v) is 11.0. The molecule has 2 heterocycles. The lowest BCUT2D eigenvalue weighted by molar-refractivity contribution is -0.384. The highest BCUT2D eigenvalue weighted by Gasteiger charge is 2.40. The average Bonchev–Trinajstić information content (AvgIpc) is 2.92. The van der Waals surface area contributed by atoms with E-state index in [4.69, 9.17) is 9.47 Å². The molecule has 2 aliphatic heterocycles. The van der Waals surface area contributed by atoms with Gasteiger partial charge in [0.1, 0.15) is 0 Å². The van der Waals surface area contributed by atoms with Gasteiger partial charge in [-0.15, -0.1) is 12.4 Å². The molecule has 1 saturated carbocycles. The van der Waals surface area contributed by atoms with Gasteiger partial charge >= 0.3 is 11.9 Å². The zero-order chi connectivity index (χ0) is 27.3. The smallest absolute Gasteiger partial charge is 0.336 e. The number of nitro benzene ring substituents is 1. The van der Waals surface area contributed by atoms with Crippen LogP contribution in [0.1, 0.15) is 76.7 Å². The molecule has 1 N–H and O–H groups in total. The van der Waals surface area contributed by atoms with Crippen molar-refractivity contribution in [3.8, 4) is 0 Å². The monoisotopic (exact) mass is 561 g/mol. The lowest BCUT2D eigenvalue weighted by Crippen LogP contribution is -2.44. The van der Waals surface area contributed by atoms with E-state index in [9.17, 15) is 19.7 Å². The van der Waals surface area contributed by atoms with Crippen molar-refractivity contribution in [2.75, 3.05) is 33.4 Å². The fourth-order valence-electron chi connectivity index (χ4n) is 6.33. The molecule has 2 fully saturated rings. The van der Waals surface area contributed by atoms with Crippen LogP contribution in [0.5, 0.6) is 0 Å². The molecule has 1 saturated heterocycles. The Balaban J connectivity index is 0.00000420. The number of hydrogen-bond donors (Lipinski definition) is 1. The Morgan fingerprint density at radius 1 is 1.03 bits per heavy atom. The first-order valence-corrected chi connectivity index (χ1v) is 13.7. The summed E-state index contributed by atoms with van der Waals surface area (Å²) in [6, 6.07) is 6.05. The Labute approximate surface area is 236 Å². The molecule has 1 aliphatic carbocycles. The number of ether oxygens (including phenoxy) is 2. The van der Waals surface area contributed by atoms with Crippen LogP contribution in [0, 0.1) is 15.5 Å². The van der Waals surface area contributed by atoms with Crippen LogP contribution in [0.15, 0.2) is 46.8 Å². The molecule has 0 amide bonds. The number of esters is 2. The average molecular weight is 562 g/mol. The molecule has 0 bridgehead atoms. The lowest BCUT2D eigenvalue weighted by Gasteiger charge is -2.42. The van der Waals surface area contributed by atoms with Gasteiger partial charge in [-0.25, -0.2) is 9.59 Å². The molecular weight excluding hydrogens is 522 g/mol. The van der Waals surface area contributed by atoms with Crippen LogP contribution in [0.25, 0.3) is 0 Å². The van der Waals surface area contributed by atoms with Gasteiger partial charge in [-0.2, -0.15) is 0 Å². The molecule has 9 nitrogen and oxygen atoms in total. The van der Waals surface area contributed by atoms with Gasteiger partial charge in [-0.05, 0) is 58.2 Å². The van der Waals surface area contributed by atoms with Crippen molar-refractivity contribution in [1.82, 2.24) is 10.2 Å². The van der Waals surface area contributed by atoms with Crippen LogP contribution in [-0.2, 0) is 19.1 Å². The number of carbonyl (C=O) groups excluding carboxylic acids is 2. The number of nitrogens with one attached hydrogen (secondary N) is 1. The maximum absolute atomic E-state index is 13.8. The van der Waals surface area contributed by atoms with Gasteiger partial charge in [0.2, 0.25) is 0 Å². The maximum Gasteiger partial charge on any atom is 0.336 e. The number of benzene rings is 1. The van der Waals surface area contributed by atoms with Crippen LogP contribution in [-0.4, -0.2) is 55.1 Å². The summed E-state index contributed by atoms with van der Waals surface area (Å²) in [5, 5.41) is 14.7. The van der Waals surface area contributed by atoms with E-state index in [0.29, 0.717) is 23.6 Å². The number of carbonyl (C=O) groups is 2. The van der Waals surface area contributed by atoms with Gasteiger partial charge in [-0.1, -0.05) is 37.8 Å². The Morgan fingerprint density at radius 3 is 2.26 bits per heavy atom. The van der Waals surface area contributed by atoms with E-state index in [1.54, 1.807) is 26.0 Å². The number of allylic oxidation sites excluding steroid dienone is 2. The first-order valence-electron chi connectivity index (χ1n) is 13.7. The zero-order valence-electron chi connectivity index (χ0n) is 23.1. The van der Waals surface area contributed by atoms with E-state index in [1.807, 2.05) is 0 Å². The number of rotatable bonds is 8. The van der Waals surface area contributed by atoms with Crippen molar-refractivity contribution in [3.05, 3.63) is 62.5 Å². The summed E-state index contributed by atoms with van der Waals surface area (Å²) >= 11 is 0. The van der Waals surface area contributed by atoms with E-state index >= 15 is 0 Å². The van der Waals surface area contributed by atoms with Gasteiger partial charge < -0.3 is 19.7 Å². The second-order valence-electron chi connectivity index (χ2n) is 11.0. The topological polar surface area (TPSA) is 111 Å². The minimum absolute atomic E-state index is 0. The van der Waals surface area contributed by atoms with Gasteiger partial charge in [0, 0.05) is 35.5 Å². The van der Waals surface area contributed by atoms with Gasteiger partial charge in [0.15, 0.2) is 0 Å². The van der Waals surface area contributed by atoms with Crippen LogP contribution in [0.4, 0.5) is 5.69 Å². The van der Waals surface area contributed by atoms with E-state index in [0.717, 1.165) is 45.3 Å². The van der Waals surface area contributed by atoms with Gasteiger partial charge in [0.05, 0.1) is 35.7 Å². The van der Waals surface area contributed by atoms with Crippen LogP contribution >= 0.6 is 12.4 Å². The largest absolute Gasteiger partial charge is 0.466 e. The lowest BCUT2D eigenvalue weighted by atomic mass is 9.74. The minimum atomic E-state index is -0.847. The van der Waals surface area contributed by atoms with E-state index < -0.39 is 22.8 Å². The summed E-state index contributed by atoms with van der Waals surface area (Å²) in [6.07, 6.45) is 9.18. The highest BCUT2D eigenvalue weighted by molar-refractivity contribution is 5.99. The minimum Gasteiger partial charge on any atom is -0.466 e. The molecule has 1 unspecified atom stereocenters. The zero-order valence-corrected chi connectivity index (χ0v) is 23.9. The Hall–Kier alpha value is -2.91. The van der Waals surface area contributed by atoms with Gasteiger partial charge in [0.25, 0.3) is 5.69 Å². The van der Waals surface area contributed by atoms with Crippen molar-refractivity contribution in [1.29, 1.82) is 0 Å². The third kappa shape index (κ3) is 7.00. The molecule has 3 aliphatic rings. The number of nitrogens with zero attached hydrogens (tertiary/aromatic N) is 2. The number of non-ortho nitro benzene ring substituents is 1. The third-order valence-corrected chi connectivity index (χ3v) is 8.23. The number of piperidine rings is 1. The highest BCUT2D eigenvalue weighted by Crippen LogP contribution is 2.42. The summed E-state index contributed by atoms with van der Waals surface area (Å²) in [5.41, 5.74) is 1.89. The normalized spacial score (nSPS) is 21.5. The van der Waals surface area contributed by atoms with E-state index in [1.165, 1.54) is 44.9 Å². The first kappa shape index (κ1) is 30.6. The van der Waals surface area contributed by atoms with Crippen molar-refractivity contribution in [2.24, 2.45) is 5.41 Å². The molecule has 39 heavy (non-hydrogen) atoms. The van der Waals surface area contributed by atoms with Crippen molar-refractivity contribution < 1.29 is 24.0 Å². The van der Waals surface area contributed by atoms with Crippen LogP contribution < -0.4 is 5.32 Å². The van der Waals surface area contributed by atoms with E-state index in [2.05, 4.69) is 10.2 Å². The number of methoxy groups -OCH3 is 1. The highest BCUT2D eigenvalue weighted by atomic mass is 35.5. The summed E-state index contributed by atoms with van der Waals surface area (Å²) in [5.74, 6) is -1.96. The maximum atomic E-state index is 13.8. The molecule has 1 aromatic rings. The number of hydrogen-bond acceptors (Lipinski definition) is 8. The summed E-state index contributed by atoms with van der Waals surface area (Å²) in [6.45, 7) is 6.92. The molecule has 0 aromatic heterocycles. The number of nitro groups is 1. The molecule has 10 heteroatoms. The standard InChI is InChI=1S/C29H39N3O6.ClH/c1-20-24(27(33)37-3)26(22-11-10-12-23(17-22)32(35)36)25(21(2)30-20)28(34)38-19-29(13-6-4-7-14-29)18-31-15-8-5-9-16-31;/h10-12,17,26,30H,4-9,13-16,18-19H2,1-3H3;1H. The van der Waals surface area contributed by atoms with E-state index in [-0.39, 0.29) is 34.7 Å². The number of halogens is 1. The molecule has 4 rings (SSSR count). The van der Waals surface area contributed by atoms with Crippen molar-refractivity contribution in [3.63, 3.8) is 0 Å². The molecular formula is C29H40ClN3O6. The number of likely N-dealkylation sites (tertiary alicyclic amines) is 1. The molecule has 0 spiro atoms. The summed E-state index contributed by atoms with van der Waals surface area (Å²) < 4.78 is 11.1. The Morgan fingerprint density at radius 2 is 1.64 bits per heavy atom. The Bertz CT molecular complexity index is 1140. The van der Waals surface area contributed by atoms with Crippen molar-refractivity contribution in [2.45, 2.75) is 71.1 Å². The summed E-state index contributed by atoms with van der Waals surface area (Å²) in [7, 11) is 1.28. The fourth-order valence-corrected chi connectivity index (χ4v) is 6.33. The Kier molecular flexibility index (Phi) is 10.6. The summed E-state index contributed by atoms with van der Waals surface area (Å²) in [4.78, 5) is 40.2. The predicted molar refractivity (Wildman–Crippen MR) is 150 cm³/mol. The molecule has 1 atom stereocenters. The third-order valence-electron chi connectivity index (χ3n) is 8.23.